The fraction of sp³-hybridized carbons (Fsp3) is 0.576. The van der Waals surface area contributed by atoms with E-state index >= 15 is 0 Å². The lowest BCUT2D eigenvalue weighted by Gasteiger charge is -2.41. The number of esters is 1. The largest absolute Gasteiger partial charge is 0.512 e. The molecule has 218 valence electrons. The van der Waals surface area contributed by atoms with Crippen LogP contribution in [0, 0.1) is 25.7 Å². The minimum Gasteiger partial charge on any atom is -0.512 e. The summed E-state index contributed by atoms with van der Waals surface area (Å²) in [6.07, 6.45) is 10.1. The number of hydrogen-bond acceptors (Lipinski definition) is 7. The smallest absolute Gasteiger partial charge is 0.338 e. The van der Waals surface area contributed by atoms with Crippen LogP contribution in [0.3, 0.4) is 0 Å². The molecule has 0 radical (unpaired) electrons. The molecule has 3 aliphatic rings. The molecule has 8 heteroatoms. The first-order chi connectivity index (χ1) is 19.8. The van der Waals surface area contributed by atoms with Crippen LogP contribution in [0.25, 0.3) is 5.78 Å². The quantitative estimate of drug-likeness (QED) is 0.293. The van der Waals surface area contributed by atoms with E-state index in [2.05, 4.69) is 45.5 Å². The van der Waals surface area contributed by atoms with Gasteiger partial charge in [-0.15, -0.1) is 5.10 Å². The number of nitrogens with one attached hydrogen (secondary N) is 1. The van der Waals surface area contributed by atoms with Gasteiger partial charge in [0.15, 0.2) is 5.82 Å². The van der Waals surface area contributed by atoms with E-state index in [1.165, 1.54) is 29.5 Å². The molecule has 2 fully saturated rings. The number of cyclic esters (lactones) is 1. The molecule has 1 unspecified atom stereocenters. The summed E-state index contributed by atoms with van der Waals surface area (Å²) in [4.78, 5) is 22.5. The van der Waals surface area contributed by atoms with Crippen molar-refractivity contribution in [1.82, 2.24) is 24.9 Å². The Morgan fingerprint density at radius 1 is 1.10 bits per heavy atom. The predicted molar refractivity (Wildman–Crippen MR) is 158 cm³/mol. The highest BCUT2D eigenvalue weighted by Crippen LogP contribution is 2.46. The van der Waals surface area contributed by atoms with E-state index in [1.807, 2.05) is 19.9 Å². The zero-order valence-electron chi connectivity index (χ0n) is 24.7. The maximum absolute atomic E-state index is 13.5. The second kappa shape index (κ2) is 11.6. The monoisotopic (exact) mass is 557 g/mol. The van der Waals surface area contributed by atoms with Crippen LogP contribution in [0.5, 0.6) is 0 Å². The number of aliphatic hydroxyl groups is 1. The van der Waals surface area contributed by atoms with Crippen LogP contribution in [0.15, 0.2) is 35.6 Å². The molecule has 41 heavy (non-hydrogen) atoms. The summed E-state index contributed by atoms with van der Waals surface area (Å²) in [5.74, 6) is 1.77. The van der Waals surface area contributed by atoms with Gasteiger partial charge in [0, 0.05) is 30.8 Å². The lowest BCUT2D eigenvalue weighted by Crippen LogP contribution is -2.46. The highest BCUT2D eigenvalue weighted by atomic mass is 16.6. The minimum absolute atomic E-state index is 0.124. The number of carbonyl (C=O) groups is 1. The average Bonchev–Trinajstić information content (AvgIpc) is 3.41. The standard InChI is InChI=1S/C33H43N5O3/c1-4-25-16-23(11-12-26(25)20-34-19-24-9-10-24)13-14-33(27-7-5-6-8-27)18-29(39)28(31(40)41-33)17-30-36-32-35-21(2)15-22(3)38(32)37-30/h11-12,15-16,24,27,34,39H,4-10,13-14,17-20H2,1-3H3. The van der Waals surface area contributed by atoms with E-state index in [0.29, 0.717) is 24.4 Å². The zero-order valence-corrected chi connectivity index (χ0v) is 24.7. The molecular formula is C33H43N5O3. The molecule has 3 heterocycles. The second-order valence-electron chi connectivity index (χ2n) is 12.5. The molecule has 2 saturated carbocycles. The van der Waals surface area contributed by atoms with Gasteiger partial charge >= 0.3 is 5.97 Å². The summed E-state index contributed by atoms with van der Waals surface area (Å²) in [6, 6.07) is 8.76. The van der Waals surface area contributed by atoms with E-state index in [4.69, 9.17) is 4.74 Å². The van der Waals surface area contributed by atoms with Crippen molar-refractivity contribution in [3.8, 4) is 0 Å². The van der Waals surface area contributed by atoms with Crippen molar-refractivity contribution in [2.45, 2.75) is 104 Å². The van der Waals surface area contributed by atoms with E-state index in [9.17, 15) is 9.90 Å². The molecular weight excluding hydrogens is 514 g/mol. The van der Waals surface area contributed by atoms with Crippen LogP contribution >= 0.6 is 0 Å². The van der Waals surface area contributed by atoms with Crippen molar-refractivity contribution in [3.63, 3.8) is 0 Å². The van der Waals surface area contributed by atoms with Crippen molar-refractivity contribution in [1.29, 1.82) is 0 Å². The molecule has 2 aliphatic carbocycles. The first kappa shape index (κ1) is 27.9. The third-order valence-corrected chi connectivity index (χ3v) is 9.39. The lowest BCUT2D eigenvalue weighted by molar-refractivity contribution is -0.167. The van der Waals surface area contributed by atoms with Crippen LogP contribution in [0.1, 0.15) is 92.2 Å². The van der Waals surface area contributed by atoms with Crippen LogP contribution in [-0.2, 0) is 35.3 Å². The Labute approximate surface area is 242 Å². The molecule has 2 aromatic heterocycles. The van der Waals surface area contributed by atoms with E-state index in [-0.39, 0.29) is 23.7 Å². The fourth-order valence-electron chi connectivity index (χ4n) is 6.85. The number of benzene rings is 1. The number of aliphatic hydroxyl groups excluding tert-OH is 1. The van der Waals surface area contributed by atoms with Crippen LogP contribution in [-0.4, -0.2) is 42.8 Å². The summed E-state index contributed by atoms with van der Waals surface area (Å²) >= 11 is 0. The van der Waals surface area contributed by atoms with Gasteiger partial charge in [-0.2, -0.15) is 4.98 Å². The molecule has 0 saturated heterocycles. The first-order valence-electron chi connectivity index (χ1n) is 15.5. The van der Waals surface area contributed by atoms with E-state index < -0.39 is 11.6 Å². The Morgan fingerprint density at radius 2 is 1.90 bits per heavy atom. The number of fused-ring (bicyclic) bond motifs is 1. The molecule has 8 nitrogen and oxygen atoms in total. The second-order valence-corrected chi connectivity index (χ2v) is 12.5. The fourth-order valence-corrected chi connectivity index (χ4v) is 6.85. The predicted octanol–water partition coefficient (Wildman–Crippen LogP) is 5.67. The number of ether oxygens (including phenoxy) is 1. The van der Waals surface area contributed by atoms with Gasteiger partial charge in [-0.3, -0.25) is 0 Å². The van der Waals surface area contributed by atoms with Crippen molar-refractivity contribution in [2.75, 3.05) is 6.54 Å². The van der Waals surface area contributed by atoms with Crippen LogP contribution in [0.4, 0.5) is 0 Å². The highest BCUT2D eigenvalue weighted by Gasteiger charge is 2.48. The number of rotatable bonds is 11. The number of carbonyl (C=O) groups excluding carboxylic acids is 1. The molecule has 1 aromatic carbocycles. The van der Waals surface area contributed by atoms with E-state index in [1.54, 1.807) is 4.52 Å². The van der Waals surface area contributed by atoms with Crippen molar-refractivity contribution < 1.29 is 14.6 Å². The van der Waals surface area contributed by atoms with Gasteiger partial charge in [0.25, 0.3) is 5.78 Å². The molecule has 0 amide bonds. The van der Waals surface area contributed by atoms with Gasteiger partial charge in [0.2, 0.25) is 0 Å². The van der Waals surface area contributed by atoms with Gasteiger partial charge in [0.05, 0.1) is 5.57 Å². The third-order valence-electron chi connectivity index (χ3n) is 9.39. The molecule has 1 aliphatic heterocycles. The number of aromatic nitrogens is 4. The minimum atomic E-state index is -0.681. The van der Waals surface area contributed by atoms with Crippen molar-refractivity contribution in [3.05, 3.63) is 69.5 Å². The topological polar surface area (TPSA) is 102 Å². The Morgan fingerprint density at radius 3 is 2.63 bits per heavy atom. The van der Waals surface area contributed by atoms with Gasteiger partial charge < -0.3 is 15.2 Å². The first-order valence-corrected chi connectivity index (χ1v) is 15.5. The Hall–Kier alpha value is -3.26. The maximum Gasteiger partial charge on any atom is 0.338 e. The Kier molecular flexibility index (Phi) is 7.86. The number of hydrogen-bond donors (Lipinski definition) is 2. The SMILES string of the molecule is CCc1cc(CCC2(C3CCCC3)CC(O)=C(Cc3nc4nc(C)cc(C)n4n3)C(=O)O2)ccc1CNCC1CC1. The van der Waals surface area contributed by atoms with Crippen LogP contribution < -0.4 is 5.32 Å². The van der Waals surface area contributed by atoms with Gasteiger partial charge in [-0.25, -0.2) is 14.3 Å². The lowest BCUT2D eigenvalue weighted by atomic mass is 9.76. The zero-order chi connectivity index (χ0) is 28.6. The molecule has 3 aromatic rings. The van der Waals surface area contributed by atoms with Crippen molar-refractivity contribution in [2.24, 2.45) is 11.8 Å². The van der Waals surface area contributed by atoms with E-state index in [0.717, 1.165) is 68.9 Å². The Balaban J connectivity index is 1.19. The summed E-state index contributed by atoms with van der Waals surface area (Å²) in [5.41, 5.74) is 5.39. The summed E-state index contributed by atoms with van der Waals surface area (Å²) in [7, 11) is 0. The Bertz CT molecular complexity index is 1470. The molecule has 0 spiro atoms. The third kappa shape index (κ3) is 6.03. The normalized spacial score (nSPS) is 21.7. The molecule has 1 atom stereocenters. The number of nitrogens with zero attached hydrogens (tertiary/aromatic N) is 4. The average molecular weight is 558 g/mol. The van der Waals surface area contributed by atoms with Gasteiger partial charge in [-0.1, -0.05) is 38.0 Å². The summed E-state index contributed by atoms with van der Waals surface area (Å²) in [5, 5.41) is 19.5. The van der Waals surface area contributed by atoms with Gasteiger partial charge in [-0.05, 0) is 99.9 Å². The number of aryl methyl sites for hydroxylation is 4. The highest BCUT2D eigenvalue weighted by molar-refractivity contribution is 5.90. The van der Waals surface area contributed by atoms with Crippen LogP contribution in [0.2, 0.25) is 0 Å². The summed E-state index contributed by atoms with van der Waals surface area (Å²) < 4.78 is 8.05. The molecule has 6 rings (SSSR count). The molecule has 0 bridgehead atoms. The van der Waals surface area contributed by atoms with Gasteiger partial charge in [0.1, 0.15) is 11.4 Å². The summed E-state index contributed by atoms with van der Waals surface area (Å²) in [6.45, 7) is 8.11. The van der Waals surface area contributed by atoms with Crippen molar-refractivity contribution >= 4 is 11.7 Å². The molecule has 2 N–H and O–H groups in total. The maximum atomic E-state index is 13.5.